The van der Waals surface area contributed by atoms with Gasteiger partial charge in [0.25, 0.3) is 0 Å². The first-order chi connectivity index (χ1) is 17.4. The van der Waals surface area contributed by atoms with Crippen molar-refractivity contribution in [1.82, 2.24) is 4.90 Å². The molecule has 1 unspecified atom stereocenters. The van der Waals surface area contributed by atoms with Crippen LogP contribution in [0.3, 0.4) is 0 Å². The Morgan fingerprint density at radius 2 is 1.83 bits per heavy atom. The van der Waals surface area contributed by atoms with E-state index in [0.717, 1.165) is 47.2 Å². The molecule has 1 saturated heterocycles. The SMILES string of the molecule is CC1=C(c2cccc(O)c2)C(c2ccc(OC[C@H](CF)N3CCC[C@H]3C)cc2)Oc2ccc(O)cc21. The lowest BCUT2D eigenvalue weighted by molar-refractivity contribution is 0.107. The fourth-order valence-corrected chi connectivity index (χ4v) is 5.38. The summed E-state index contributed by atoms with van der Waals surface area (Å²) < 4.78 is 26.2. The summed E-state index contributed by atoms with van der Waals surface area (Å²) in [6.45, 7) is 4.95. The molecular formula is C30H32FNO4. The van der Waals surface area contributed by atoms with Crippen LogP contribution >= 0.6 is 0 Å². The number of allylic oxidation sites excluding steroid dienone is 1. The third kappa shape index (κ3) is 4.78. The number of fused-ring (bicyclic) bond motifs is 1. The van der Waals surface area contributed by atoms with E-state index in [9.17, 15) is 14.6 Å². The topological polar surface area (TPSA) is 62.2 Å². The average Bonchev–Trinajstić information content (AvgIpc) is 3.30. The summed E-state index contributed by atoms with van der Waals surface area (Å²) >= 11 is 0. The summed E-state index contributed by atoms with van der Waals surface area (Å²) in [6.07, 6.45) is 1.79. The van der Waals surface area contributed by atoms with Gasteiger partial charge in [0.05, 0.1) is 6.04 Å². The van der Waals surface area contributed by atoms with Gasteiger partial charge in [0, 0.05) is 17.2 Å². The van der Waals surface area contributed by atoms with Gasteiger partial charge in [0.15, 0.2) is 0 Å². The Kier molecular flexibility index (Phi) is 6.88. The Morgan fingerprint density at radius 1 is 1.06 bits per heavy atom. The van der Waals surface area contributed by atoms with Crippen molar-refractivity contribution in [2.45, 2.75) is 44.9 Å². The smallest absolute Gasteiger partial charge is 0.150 e. The van der Waals surface area contributed by atoms with Crippen molar-refractivity contribution in [1.29, 1.82) is 0 Å². The molecule has 0 bridgehead atoms. The number of ether oxygens (including phenoxy) is 2. The van der Waals surface area contributed by atoms with Gasteiger partial charge in [0.2, 0.25) is 0 Å². The van der Waals surface area contributed by atoms with Crippen molar-refractivity contribution < 1.29 is 24.1 Å². The summed E-state index contributed by atoms with van der Waals surface area (Å²) in [5, 5.41) is 20.2. The lowest BCUT2D eigenvalue weighted by Gasteiger charge is -2.31. The summed E-state index contributed by atoms with van der Waals surface area (Å²) in [6, 6.07) is 20.0. The molecule has 6 heteroatoms. The molecule has 2 N–H and O–H groups in total. The molecule has 2 heterocycles. The summed E-state index contributed by atoms with van der Waals surface area (Å²) in [5.74, 6) is 1.71. The Morgan fingerprint density at radius 3 is 2.53 bits per heavy atom. The van der Waals surface area contributed by atoms with E-state index >= 15 is 0 Å². The van der Waals surface area contributed by atoms with Gasteiger partial charge >= 0.3 is 0 Å². The van der Waals surface area contributed by atoms with Gasteiger partial charge < -0.3 is 19.7 Å². The van der Waals surface area contributed by atoms with Crippen LogP contribution in [0.1, 0.15) is 49.5 Å². The van der Waals surface area contributed by atoms with Crippen LogP contribution in [0.25, 0.3) is 11.1 Å². The van der Waals surface area contributed by atoms with Crippen molar-refractivity contribution >= 4 is 11.1 Å². The maximum absolute atomic E-state index is 13.7. The monoisotopic (exact) mass is 489 g/mol. The highest BCUT2D eigenvalue weighted by Gasteiger charge is 2.30. The van der Waals surface area contributed by atoms with E-state index in [0.29, 0.717) is 24.1 Å². The Bertz CT molecular complexity index is 1260. The predicted octanol–water partition coefficient (Wildman–Crippen LogP) is 6.36. The van der Waals surface area contributed by atoms with Crippen LogP contribution in [-0.4, -0.2) is 47.0 Å². The fourth-order valence-electron chi connectivity index (χ4n) is 5.38. The molecule has 0 spiro atoms. The summed E-state index contributed by atoms with van der Waals surface area (Å²) in [5.41, 5.74) is 4.47. The molecule has 3 aromatic carbocycles. The Balaban J connectivity index is 1.41. The van der Waals surface area contributed by atoms with Crippen LogP contribution in [0, 0.1) is 0 Å². The molecule has 3 atom stereocenters. The van der Waals surface area contributed by atoms with E-state index in [1.165, 1.54) is 0 Å². The second kappa shape index (κ2) is 10.2. The molecule has 0 amide bonds. The number of hydrogen-bond acceptors (Lipinski definition) is 5. The van der Waals surface area contributed by atoms with Crippen molar-refractivity contribution in [2.75, 3.05) is 19.8 Å². The minimum absolute atomic E-state index is 0.168. The van der Waals surface area contributed by atoms with Gasteiger partial charge in [-0.1, -0.05) is 24.3 Å². The highest BCUT2D eigenvalue weighted by molar-refractivity contribution is 5.95. The number of phenols is 2. The number of benzene rings is 3. The fraction of sp³-hybridized carbons (Fsp3) is 0.333. The third-order valence-corrected chi connectivity index (χ3v) is 7.31. The van der Waals surface area contributed by atoms with Crippen LogP contribution in [-0.2, 0) is 0 Å². The molecule has 0 aromatic heterocycles. The molecule has 5 nitrogen and oxygen atoms in total. The minimum atomic E-state index is -0.426. The minimum Gasteiger partial charge on any atom is -0.508 e. The van der Waals surface area contributed by atoms with Crippen LogP contribution in [0.5, 0.6) is 23.0 Å². The quantitative estimate of drug-likeness (QED) is 0.404. The number of alkyl halides is 1. The molecule has 1 fully saturated rings. The van der Waals surface area contributed by atoms with Crippen molar-refractivity contribution in [2.24, 2.45) is 0 Å². The molecule has 0 aliphatic carbocycles. The lowest BCUT2D eigenvalue weighted by Crippen LogP contribution is -2.43. The van der Waals surface area contributed by atoms with Crippen LogP contribution in [0.15, 0.2) is 66.7 Å². The zero-order chi connectivity index (χ0) is 25.2. The Hall–Kier alpha value is -3.51. The molecule has 0 radical (unpaired) electrons. The number of halogens is 1. The molecule has 0 saturated carbocycles. The average molecular weight is 490 g/mol. The van der Waals surface area contributed by atoms with Gasteiger partial charge in [-0.25, -0.2) is 4.39 Å². The number of phenolic OH excluding ortho intramolecular Hbond substituents is 2. The number of rotatable bonds is 7. The van der Waals surface area contributed by atoms with Gasteiger partial charge in [0.1, 0.15) is 42.4 Å². The number of nitrogens with zero attached hydrogens (tertiary/aromatic N) is 1. The number of hydrogen-bond donors (Lipinski definition) is 2. The van der Waals surface area contributed by atoms with Crippen molar-refractivity contribution in [3.8, 4) is 23.0 Å². The Labute approximate surface area is 211 Å². The largest absolute Gasteiger partial charge is 0.508 e. The van der Waals surface area contributed by atoms with Crippen LogP contribution < -0.4 is 9.47 Å². The standard InChI is InChI=1S/C30H32FNO4/c1-19-5-4-14-32(19)23(17-31)18-35-26-11-8-21(9-12-26)30-29(22-6-3-7-24(33)15-22)20(2)27-16-25(34)10-13-28(27)36-30/h3,6-13,15-16,19,23,30,33-34H,4-5,14,17-18H2,1-2H3/t19-,23+,30?/m1/s1. The first-order valence-corrected chi connectivity index (χ1v) is 12.5. The maximum atomic E-state index is 13.7. The predicted molar refractivity (Wildman–Crippen MR) is 139 cm³/mol. The van der Waals surface area contributed by atoms with Gasteiger partial charge in [-0.15, -0.1) is 0 Å². The number of likely N-dealkylation sites (tertiary alicyclic amines) is 1. The van der Waals surface area contributed by atoms with Crippen molar-refractivity contribution in [3.05, 3.63) is 83.4 Å². The van der Waals surface area contributed by atoms with E-state index in [2.05, 4.69) is 11.8 Å². The molecule has 3 aromatic rings. The van der Waals surface area contributed by atoms with E-state index in [-0.39, 0.29) is 17.5 Å². The van der Waals surface area contributed by atoms with Crippen LogP contribution in [0.4, 0.5) is 4.39 Å². The van der Waals surface area contributed by atoms with Gasteiger partial charge in [-0.2, -0.15) is 0 Å². The first kappa shape index (κ1) is 24.2. The second-order valence-electron chi connectivity index (χ2n) is 9.68. The van der Waals surface area contributed by atoms with Crippen molar-refractivity contribution in [3.63, 3.8) is 0 Å². The zero-order valence-electron chi connectivity index (χ0n) is 20.7. The maximum Gasteiger partial charge on any atom is 0.150 e. The molecule has 188 valence electrons. The molecular weight excluding hydrogens is 457 g/mol. The van der Waals surface area contributed by atoms with Gasteiger partial charge in [-0.05, 0) is 92.4 Å². The number of aromatic hydroxyl groups is 2. The normalized spacial score (nSPS) is 20.6. The zero-order valence-corrected chi connectivity index (χ0v) is 20.7. The van der Waals surface area contributed by atoms with E-state index < -0.39 is 12.8 Å². The lowest BCUT2D eigenvalue weighted by atomic mass is 9.86. The van der Waals surface area contributed by atoms with E-state index in [4.69, 9.17) is 9.47 Å². The third-order valence-electron chi connectivity index (χ3n) is 7.31. The summed E-state index contributed by atoms with van der Waals surface area (Å²) in [7, 11) is 0. The molecule has 2 aliphatic rings. The molecule has 5 rings (SSSR count). The highest BCUT2D eigenvalue weighted by Crippen LogP contribution is 2.47. The first-order valence-electron chi connectivity index (χ1n) is 12.5. The molecule has 36 heavy (non-hydrogen) atoms. The molecule has 2 aliphatic heterocycles. The van der Waals surface area contributed by atoms with Gasteiger partial charge in [-0.3, -0.25) is 4.90 Å². The summed E-state index contributed by atoms with van der Waals surface area (Å²) in [4.78, 5) is 2.20. The van der Waals surface area contributed by atoms with E-state index in [1.54, 1.807) is 36.4 Å². The highest BCUT2D eigenvalue weighted by atomic mass is 19.1. The van der Waals surface area contributed by atoms with E-state index in [1.807, 2.05) is 37.3 Å². The van der Waals surface area contributed by atoms with Crippen LogP contribution in [0.2, 0.25) is 0 Å². The second-order valence-corrected chi connectivity index (χ2v) is 9.68.